The second kappa shape index (κ2) is 10.8. The van der Waals surface area contributed by atoms with Gasteiger partial charge >= 0.3 is 5.97 Å². The zero-order chi connectivity index (χ0) is 30.9. The smallest absolute Gasteiger partial charge is 0.338 e. The fraction of sp³-hybridized carbons (Fsp3) is 0.794. The van der Waals surface area contributed by atoms with Gasteiger partial charge in [-0.15, -0.1) is 0 Å². The van der Waals surface area contributed by atoms with Gasteiger partial charge in [0.1, 0.15) is 11.7 Å². The number of carbonyl (C=O) groups excluding carboxylic acids is 1. The van der Waals surface area contributed by atoms with E-state index in [1.54, 1.807) is 0 Å². The highest BCUT2D eigenvalue weighted by molar-refractivity contribution is 5.91. The average molecular weight is 597 g/mol. The highest BCUT2D eigenvalue weighted by atomic mass is 16.6. The monoisotopic (exact) mass is 596 g/mol. The maximum Gasteiger partial charge on any atom is 0.338 e. The van der Waals surface area contributed by atoms with Crippen molar-refractivity contribution in [1.82, 2.24) is 0 Å². The summed E-state index contributed by atoms with van der Waals surface area (Å²) in [5.41, 5.74) is -0.994. The van der Waals surface area contributed by atoms with Gasteiger partial charge in [0.25, 0.3) is 11.4 Å². The van der Waals surface area contributed by atoms with Crippen molar-refractivity contribution in [3.63, 3.8) is 0 Å². The van der Waals surface area contributed by atoms with Crippen LogP contribution in [0, 0.1) is 66.6 Å². The van der Waals surface area contributed by atoms with Crippen molar-refractivity contribution in [3.8, 4) is 0 Å². The first-order chi connectivity index (χ1) is 20.3. The molecule has 6 rings (SSSR count). The van der Waals surface area contributed by atoms with Crippen molar-refractivity contribution in [2.75, 3.05) is 0 Å². The van der Waals surface area contributed by atoms with E-state index in [-0.39, 0.29) is 28.8 Å². The number of benzene rings is 1. The number of non-ortho nitro benzene ring substituents is 2. The van der Waals surface area contributed by atoms with Gasteiger partial charge in [-0.1, -0.05) is 53.9 Å². The van der Waals surface area contributed by atoms with E-state index in [2.05, 4.69) is 34.6 Å². The van der Waals surface area contributed by atoms with Crippen LogP contribution in [0.2, 0.25) is 0 Å². The fourth-order valence-electron chi connectivity index (χ4n) is 10.9. The van der Waals surface area contributed by atoms with Crippen molar-refractivity contribution in [2.45, 2.75) is 123 Å². The molecule has 236 valence electrons. The van der Waals surface area contributed by atoms with E-state index in [9.17, 15) is 25.0 Å². The summed E-state index contributed by atoms with van der Waals surface area (Å²) in [5.74, 6) is 3.65. The number of ether oxygens (including phenoxy) is 2. The lowest BCUT2D eigenvalue weighted by Crippen LogP contribution is -2.59. The van der Waals surface area contributed by atoms with E-state index >= 15 is 0 Å². The number of nitrogens with zero attached hydrogens (tertiary/aromatic N) is 2. The molecule has 43 heavy (non-hydrogen) atoms. The molecular weight excluding hydrogens is 548 g/mol. The zero-order valence-corrected chi connectivity index (χ0v) is 26.4. The van der Waals surface area contributed by atoms with Crippen LogP contribution in [0.15, 0.2) is 18.2 Å². The van der Waals surface area contributed by atoms with Gasteiger partial charge in [0.15, 0.2) is 0 Å². The van der Waals surface area contributed by atoms with E-state index in [4.69, 9.17) is 9.47 Å². The maximum atomic E-state index is 13.1. The number of carbonyl (C=O) groups is 1. The zero-order valence-electron chi connectivity index (χ0n) is 26.4. The van der Waals surface area contributed by atoms with Crippen LogP contribution < -0.4 is 0 Å². The molecule has 5 aliphatic rings. The lowest BCUT2D eigenvalue weighted by atomic mass is 9.44. The van der Waals surface area contributed by atoms with Gasteiger partial charge in [-0.05, 0) is 85.9 Å². The Morgan fingerprint density at radius 1 is 0.977 bits per heavy atom. The normalized spacial score (nSPS) is 40.0. The van der Waals surface area contributed by atoms with E-state index in [1.807, 2.05) is 0 Å². The Morgan fingerprint density at radius 3 is 2.33 bits per heavy atom. The van der Waals surface area contributed by atoms with Crippen LogP contribution in [-0.4, -0.2) is 33.6 Å². The number of fused-ring (bicyclic) bond motifs is 4. The molecule has 9 nitrogen and oxygen atoms in total. The summed E-state index contributed by atoms with van der Waals surface area (Å²) < 4.78 is 12.5. The summed E-state index contributed by atoms with van der Waals surface area (Å²) in [7, 11) is 0. The average Bonchev–Trinajstić information content (AvgIpc) is 3.53. The molecule has 0 unspecified atom stereocenters. The molecule has 0 bridgehead atoms. The summed E-state index contributed by atoms with van der Waals surface area (Å²) in [6, 6.07) is 2.97. The van der Waals surface area contributed by atoms with Crippen molar-refractivity contribution < 1.29 is 24.1 Å². The molecule has 0 amide bonds. The summed E-state index contributed by atoms with van der Waals surface area (Å²) in [5, 5.41) is 22.6. The van der Waals surface area contributed by atoms with Crippen molar-refractivity contribution in [2.24, 2.45) is 46.3 Å². The number of nitro groups is 2. The summed E-state index contributed by atoms with van der Waals surface area (Å²) >= 11 is 0. The molecule has 0 aromatic heterocycles. The molecule has 4 saturated carbocycles. The van der Waals surface area contributed by atoms with Crippen LogP contribution in [-0.2, 0) is 9.47 Å². The van der Waals surface area contributed by atoms with Crippen molar-refractivity contribution in [1.29, 1.82) is 0 Å². The number of hydrogen-bond acceptors (Lipinski definition) is 7. The molecule has 1 aromatic carbocycles. The molecule has 9 heteroatoms. The van der Waals surface area contributed by atoms with Gasteiger partial charge in [-0.2, -0.15) is 0 Å². The van der Waals surface area contributed by atoms with E-state index in [1.165, 1.54) is 44.9 Å². The van der Waals surface area contributed by atoms with Crippen LogP contribution in [0.1, 0.15) is 116 Å². The maximum absolute atomic E-state index is 13.1. The minimum Gasteiger partial charge on any atom is -0.459 e. The van der Waals surface area contributed by atoms with Crippen LogP contribution in [0.25, 0.3) is 0 Å². The number of nitro benzene ring substituents is 2. The predicted octanol–water partition coefficient (Wildman–Crippen LogP) is 8.28. The third-order valence-electron chi connectivity index (χ3n) is 13.1. The fourth-order valence-corrected chi connectivity index (χ4v) is 10.9. The number of epoxide rings is 1. The molecule has 5 fully saturated rings. The van der Waals surface area contributed by atoms with Crippen LogP contribution >= 0.6 is 0 Å². The third-order valence-corrected chi connectivity index (χ3v) is 13.1. The standard InChI is InChI=1S/C34H48N2O7/c1-20(2)7-6-8-21(3)27-9-10-28-26-18-30-34(43-30)19-25(11-14-33(34,5)29(26)12-13-32(27,28)4)42-31(37)22-15-23(35(38)39)17-24(16-22)36(40)41/h15-17,20-21,25-30H,6-14,18-19H2,1-5H3/t21-,25+,26+,27-,28+,29+,30+,32-,33-,34+/m1/s1. The third kappa shape index (κ3) is 4.98. The topological polar surface area (TPSA) is 125 Å². The highest BCUT2D eigenvalue weighted by Gasteiger charge is 2.76. The quantitative estimate of drug-likeness (QED) is 0.121. The Balaban J connectivity index is 1.14. The second-order valence-corrected chi connectivity index (χ2v) is 15.6. The molecular formula is C34H48N2O7. The molecule has 1 saturated heterocycles. The van der Waals surface area contributed by atoms with E-state index in [0.717, 1.165) is 54.7 Å². The van der Waals surface area contributed by atoms with Gasteiger partial charge in [0.05, 0.1) is 27.6 Å². The Hall–Kier alpha value is -2.55. The largest absolute Gasteiger partial charge is 0.459 e. The molecule has 4 aliphatic carbocycles. The lowest BCUT2D eigenvalue weighted by molar-refractivity contribution is -0.394. The first kappa shape index (κ1) is 30.5. The van der Waals surface area contributed by atoms with Gasteiger partial charge in [-0.3, -0.25) is 20.2 Å². The van der Waals surface area contributed by atoms with E-state index in [0.29, 0.717) is 30.1 Å². The number of rotatable bonds is 9. The molecule has 1 spiro atoms. The van der Waals surface area contributed by atoms with Crippen LogP contribution in [0.3, 0.4) is 0 Å². The Kier molecular flexibility index (Phi) is 7.66. The molecule has 0 radical (unpaired) electrons. The van der Waals surface area contributed by atoms with Crippen molar-refractivity contribution >= 4 is 17.3 Å². The van der Waals surface area contributed by atoms with Gasteiger partial charge < -0.3 is 9.47 Å². The lowest BCUT2D eigenvalue weighted by Gasteiger charge is -2.59. The number of hydrogen-bond donors (Lipinski definition) is 0. The van der Waals surface area contributed by atoms with Crippen molar-refractivity contribution in [3.05, 3.63) is 44.0 Å². The van der Waals surface area contributed by atoms with Gasteiger partial charge in [0, 0.05) is 24.0 Å². The van der Waals surface area contributed by atoms with Gasteiger partial charge in [-0.25, -0.2) is 4.79 Å². The minimum absolute atomic E-state index is 0.0378. The first-order valence-corrected chi connectivity index (χ1v) is 16.6. The number of esters is 1. The molecule has 1 aliphatic heterocycles. The highest BCUT2D eigenvalue weighted by Crippen LogP contribution is 2.74. The molecule has 1 aromatic rings. The Bertz CT molecular complexity index is 1270. The predicted molar refractivity (Wildman–Crippen MR) is 162 cm³/mol. The van der Waals surface area contributed by atoms with Gasteiger partial charge in [0.2, 0.25) is 0 Å². The summed E-state index contributed by atoms with van der Waals surface area (Å²) in [6.07, 6.45) is 12.4. The molecule has 10 atom stereocenters. The van der Waals surface area contributed by atoms with Crippen LogP contribution in [0.5, 0.6) is 0 Å². The van der Waals surface area contributed by atoms with Crippen LogP contribution in [0.4, 0.5) is 11.4 Å². The van der Waals surface area contributed by atoms with E-state index < -0.39 is 27.2 Å². The molecule has 0 N–H and O–H groups in total. The second-order valence-electron chi connectivity index (χ2n) is 15.6. The first-order valence-electron chi connectivity index (χ1n) is 16.6. The summed E-state index contributed by atoms with van der Waals surface area (Å²) in [6.45, 7) is 12.2. The Labute approximate surface area is 254 Å². The summed E-state index contributed by atoms with van der Waals surface area (Å²) in [4.78, 5) is 34.3. The molecule has 1 heterocycles. The SMILES string of the molecule is CC(C)CCC[C@@H](C)[C@H]1CC[C@H]2[C@@H]3C[C@@H]4O[C@@]45C[C@@H](OC(=O)c4cc([N+](=O)[O-])cc([N+](=O)[O-])c4)CC[C@]5(C)[C@H]3CC[C@]12C. The Morgan fingerprint density at radius 2 is 1.67 bits per heavy atom. The minimum atomic E-state index is -0.754.